The van der Waals surface area contributed by atoms with Crippen molar-refractivity contribution >= 4 is 35.1 Å². The van der Waals surface area contributed by atoms with Crippen LogP contribution in [0.15, 0.2) is 24.3 Å². The van der Waals surface area contributed by atoms with E-state index in [4.69, 9.17) is 16.3 Å². The molecule has 6 nitrogen and oxygen atoms in total. The lowest BCUT2D eigenvalue weighted by Crippen LogP contribution is -2.25. The lowest BCUT2D eigenvalue weighted by atomic mass is 10.3. The quantitative estimate of drug-likeness (QED) is 0.776. The van der Waals surface area contributed by atoms with E-state index in [-0.39, 0.29) is 25.5 Å². The van der Waals surface area contributed by atoms with Crippen molar-refractivity contribution in [1.82, 2.24) is 5.32 Å². The van der Waals surface area contributed by atoms with Gasteiger partial charge in [-0.2, -0.15) is 0 Å². The molecule has 0 saturated carbocycles. The molecule has 108 valence electrons. The van der Waals surface area contributed by atoms with E-state index in [0.29, 0.717) is 10.7 Å². The highest BCUT2D eigenvalue weighted by Gasteiger charge is 2.08. The molecule has 2 N–H and O–H groups in total. The van der Waals surface area contributed by atoms with E-state index in [1.54, 1.807) is 24.3 Å². The summed E-state index contributed by atoms with van der Waals surface area (Å²) in [5.74, 6) is -1.24. The molecule has 7 heteroatoms. The van der Waals surface area contributed by atoms with Gasteiger partial charge in [-0.05, 0) is 18.2 Å². The second-order valence-corrected chi connectivity index (χ2v) is 4.39. The first-order valence-corrected chi connectivity index (χ1v) is 6.30. The number of benzene rings is 1. The highest BCUT2D eigenvalue weighted by molar-refractivity contribution is 6.30. The van der Waals surface area contributed by atoms with E-state index in [9.17, 15) is 14.4 Å². The molecule has 0 spiro atoms. The van der Waals surface area contributed by atoms with Gasteiger partial charge >= 0.3 is 5.97 Å². The molecule has 0 aliphatic rings. The molecule has 1 aromatic carbocycles. The first-order chi connectivity index (χ1) is 9.47. The summed E-state index contributed by atoms with van der Waals surface area (Å²) in [7, 11) is 0. The Kier molecular flexibility index (Phi) is 6.52. The van der Waals surface area contributed by atoms with Crippen molar-refractivity contribution in [3.05, 3.63) is 29.3 Å². The molecule has 0 bridgehead atoms. The van der Waals surface area contributed by atoms with Crippen molar-refractivity contribution in [2.75, 3.05) is 18.5 Å². The number of amides is 2. The van der Waals surface area contributed by atoms with Crippen molar-refractivity contribution in [3.63, 3.8) is 0 Å². The molecule has 0 atom stereocenters. The maximum absolute atomic E-state index is 11.5. The number of hydrogen-bond donors (Lipinski definition) is 2. The van der Waals surface area contributed by atoms with Crippen molar-refractivity contribution in [2.24, 2.45) is 0 Å². The first-order valence-electron chi connectivity index (χ1n) is 5.93. The van der Waals surface area contributed by atoms with Gasteiger partial charge in [0.1, 0.15) is 0 Å². The van der Waals surface area contributed by atoms with E-state index >= 15 is 0 Å². The Morgan fingerprint density at radius 3 is 2.70 bits per heavy atom. The summed E-state index contributed by atoms with van der Waals surface area (Å²) in [4.78, 5) is 33.4. The van der Waals surface area contributed by atoms with Gasteiger partial charge in [0.2, 0.25) is 5.91 Å². The summed E-state index contributed by atoms with van der Waals surface area (Å²) in [6, 6.07) is 6.62. The Morgan fingerprint density at radius 2 is 2.05 bits per heavy atom. The minimum Gasteiger partial charge on any atom is -0.456 e. The third-order valence-corrected chi connectivity index (χ3v) is 2.41. The molecule has 0 saturated heterocycles. The van der Waals surface area contributed by atoms with Crippen molar-refractivity contribution in [2.45, 2.75) is 13.3 Å². The summed E-state index contributed by atoms with van der Waals surface area (Å²) in [5, 5.41) is 5.49. The number of esters is 1. The van der Waals surface area contributed by atoms with Crippen molar-refractivity contribution in [1.29, 1.82) is 0 Å². The SMILES string of the molecule is CC(=O)NCCC(=O)OCC(=O)Nc1cccc(Cl)c1. The molecule has 0 aliphatic heterocycles. The van der Waals surface area contributed by atoms with Crippen LogP contribution in [0.3, 0.4) is 0 Å². The first kappa shape index (κ1) is 16.0. The van der Waals surface area contributed by atoms with Crippen LogP contribution in [0.25, 0.3) is 0 Å². The normalized spacial score (nSPS) is 9.70. The molecule has 0 aliphatic carbocycles. The van der Waals surface area contributed by atoms with E-state index in [1.165, 1.54) is 6.92 Å². The molecule has 0 radical (unpaired) electrons. The smallest absolute Gasteiger partial charge is 0.308 e. The van der Waals surface area contributed by atoms with Gasteiger partial charge in [0.05, 0.1) is 6.42 Å². The van der Waals surface area contributed by atoms with Gasteiger partial charge in [-0.15, -0.1) is 0 Å². The van der Waals surface area contributed by atoms with Crippen LogP contribution in [-0.2, 0) is 19.1 Å². The van der Waals surface area contributed by atoms with Crippen LogP contribution in [0.1, 0.15) is 13.3 Å². The van der Waals surface area contributed by atoms with Crippen LogP contribution >= 0.6 is 11.6 Å². The summed E-state index contributed by atoms with van der Waals surface area (Å²) in [6.45, 7) is 1.15. The van der Waals surface area contributed by atoms with Gasteiger partial charge in [0, 0.05) is 24.2 Å². The number of nitrogens with one attached hydrogen (secondary N) is 2. The van der Waals surface area contributed by atoms with E-state index in [1.807, 2.05) is 0 Å². The maximum atomic E-state index is 11.5. The standard InChI is InChI=1S/C13H15ClN2O4/c1-9(17)15-6-5-13(19)20-8-12(18)16-11-4-2-3-10(14)7-11/h2-4,7H,5-6,8H2,1H3,(H,15,17)(H,16,18). The number of rotatable bonds is 6. The van der Waals surface area contributed by atoms with E-state index in [2.05, 4.69) is 10.6 Å². The van der Waals surface area contributed by atoms with Gasteiger partial charge in [0.25, 0.3) is 5.91 Å². The second-order valence-electron chi connectivity index (χ2n) is 3.95. The maximum Gasteiger partial charge on any atom is 0.308 e. The molecule has 0 unspecified atom stereocenters. The lowest BCUT2D eigenvalue weighted by molar-refractivity contribution is -0.147. The van der Waals surface area contributed by atoms with Crippen LogP contribution in [0.4, 0.5) is 5.69 Å². The second kappa shape index (κ2) is 8.16. The number of hydrogen-bond acceptors (Lipinski definition) is 4. The van der Waals surface area contributed by atoms with Gasteiger partial charge < -0.3 is 15.4 Å². The summed E-state index contributed by atoms with van der Waals surface area (Å²) < 4.78 is 4.75. The highest BCUT2D eigenvalue weighted by Crippen LogP contribution is 2.14. The number of ether oxygens (including phenoxy) is 1. The number of anilines is 1. The van der Waals surface area contributed by atoms with Crippen molar-refractivity contribution in [3.8, 4) is 0 Å². The van der Waals surface area contributed by atoms with Gasteiger partial charge in [-0.1, -0.05) is 17.7 Å². The molecular formula is C13H15ClN2O4. The van der Waals surface area contributed by atoms with Crippen LogP contribution < -0.4 is 10.6 Å². The Morgan fingerprint density at radius 1 is 1.30 bits per heavy atom. The molecule has 0 fully saturated rings. The average Bonchev–Trinajstić information content (AvgIpc) is 2.36. The fourth-order valence-electron chi connectivity index (χ4n) is 1.32. The zero-order valence-corrected chi connectivity index (χ0v) is 11.7. The number of halogens is 1. The summed E-state index contributed by atoms with van der Waals surface area (Å²) >= 11 is 5.77. The fourth-order valence-corrected chi connectivity index (χ4v) is 1.51. The van der Waals surface area contributed by atoms with Crippen LogP contribution in [0.2, 0.25) is 5.02 Å². The minimum absolute atomic E-state index is 0.0179. The third kappa shape index (κ3) is 6.75. The Hall–Kier alpha value is -2.08. The average molecular weight is 299 g/mol. The predicted molar refractivity (Wildman–Crippen MR) is 74.3 cm³/mol. The van der Waals surface area contributed by atoms with Gasteiger partial charge in [-0.3, -0.25) is 14.4 Å². The van der Waals surface area contributed by atoms with Gasteiger partial charge in [-0.25, -0.2) is 0 Å². The van der Waals surface area contributed by atoms with Crippen LogP contribution in [-0.4, -0.2) is 30.9 Å². The predicted octanol–water partition coefficient (Wildman–Crippen LogP) is 1.35. The van der Waals surface area contributed by atoms with Crippen molar-refractivity contribution < 1.29 is 19.1 Å². The largest absolute Gasteiger partial charge is 0.456 e. The zero-order valence-electron chi connectivity index (χ0n) is 10.9. The Balaban J connectivity index is 2.26. The molecule has 0 aromatic heterocycles. The molecule has 2 amide bonds. The molecule has 0 heterocycles. The molecule has 20 heavy (non-hydrogen) atoms. The Bertz CT molecular complexity index is 505. The summed E-state index contributed by atoms with van der Waals surface area (Å²) in [6.07, 6.45) is 0.0179. The number of carbonyl (C=O) groups is 3. The number of carbonyl (C=O) groups excluding carboxylic acids is 3. The fraction of sp³-hybridized carbons (Fsp3) is 0.308. The molecule has 1 aromatic rings. The molecule has 1 rings (SSSR count). The summed E-state index contributed by atoms with van der Waals surface area (Å²) in [5.41, 5.74) is 0.525. The lowest BCUT2D eigenvalue weighted by Gasteiger charge is -2.07. The van der Waals surface area contributed by atoms with Crippen LogP contribution in [0.5, 0.6) is 0 Å². The monoisotopic (exact) mass is 298 g/mol. The molecular weight excluding hydrogens is 284 g/mol. The highest BCUT2D eigenvalue weighted by atomic mass is 35.5. The topological polar surface area (TPSA) is 84.5 Å². The van der Waals surface area contributed by atoms with E-state index in [0.717, 1.165) is 0 Å². The van der Waals surface area contributed by atoms with E-state index < -0.39 is 11.9 Å². The minimum atomic E-state index is -0.556. The van der Waals surface area contributed by atoms with Crippen LogP contribution in [0, 0.1) is 0 Å². The zero-order chi connectivity index (χ0) is 15.0. The third-order valence-electron chi connectivity index (χ3n) is 2.18. The Labute approximate surface area is 121 Å². The van der Waals surface area contributed by atoms with Gasteiger partial charge in [0.15, 0.2) is 6.61 Å².